The van der Waals surface area contributed by atoms with Crippen LogP contribution in [-0.4, -0.2) is 29.1 Å². The van der Waals surface area contributed by atoms with Crippen LogP contribution in [0, 0.1) is 0 Å². The van der Waals surface area contributed by atoms with Crippen LogP contribution in [0.5, 0.6) is 0 Å². The normalized spacial score (nSPS) is 13.4. The summed E-state index contributed by atoms with van der Waals surface area (Å²) in [4.78, 5) is 18.6. The van der Waals surface area contributed by atoms with E-state index in [-0.39, 0.29) is 5.91 Å². The van der Waals surface area contributed by atoms with Gasteiger partial charge in [0, 0.05) is 44.3 Å². The molecule has 1 aliphatic rings. The highest BCUT2D eigenvalue weighted by Crippen LogP contribution is 2.27. The smallest absolute Gasteiger partial charge is 0.251 e. The molecule has 2 aromatic rings. The lowest BCUT2D eigenvalue weighted by atomic mass is 10.1. The van der Waals surface area contributed by atoms with Crippen molar-refractivity contribution in [1.82, 2.24) is 14.9 Å². The summed E-state index contributed by atoms with van der Waals surface area (Å²) in [6, 6.07) is 5.90. The molecule has 0 spiro atoms. The molecule has 0 saturated heterocycles. The topological polar surface area (TPSA) is 50.2 Å². The number of anilines is 1. The summed E-state index contributed by atoms with van der Waals surface area (Å²) in [6.45, 7) is 1.47. The van der Waals surface area contributed by atoms with E-state index in [0.717, 1.165) is 18.8 Å². The molecule has 0 bridgehead atoms. The molecule has 0 radical (unpaired) electrons. The first-order valence-electron chi connectivity index (χ1n) is 6.73. The maximum absolute atomic E-state index is 12.2. The van der Waals surface area contributed by atoms with Gasteiger partial charge in [0.05, 0.1) is 6.54 Å². The number of carbonyl (C=O) groups excluding carboxylic acids is 1. The van der Waals surface area contributed by atoms with E-state index in [2.05, 4.69) is 22.2 Å². The SMILES string of the molecule is CN1CCc2cc(C(=O)NCc3nccn3C)ccc21. The van der Waals surface area contributed by atoms with Crippen LogP contribution < -0.4 is 10.2 Å². The lowest BCUT2D eigenvalue weighted by molar-refractivity contribution is 0.0949. The monoisotopic (exact) mass is 270 g/mol. The zero-order chi connectivity index (χ0) is 14.1. The molecule has 104 valence electrons. The van der Waals surface area contributed by atoms with Gasteiger partial charge in [0.25, 0.3) is 5.91 Å². The molecule has 1 aliphatic heterocycles. The lowest BCUT2D eigenvalue weighted by Gasteiger charge is -2.12. The minimum absolute atomic E-state index is 0.0506. The van der Waals surface area contributed by atoms with Crippen molar-refractivity contribution in [3.05, 3.63) is 47.5 Å². The molecule has 0 atom stereocenters. The summed E-state index contributed by atoms with van der Waals surface area (Å²) in [5, 5.41) is 2.91. The second kappa shape index (κ2) is 5.00. The highest BCUT2D eigenvalue weighted by atomic mass is 16.1. The number of imidazole rings is 1. The van der Waals surface area contributed by atoms with Crippen molar-refractivity contribution in [2.75, 3.05) is 18.5 Å². The van der Waals surface area contributed by atoms with Crippen molar-refractivity contribution >= 4 is 11.6 Å². The van der Waals surface area contributed by atoms with E-state index < -0.39 is 0 Å². The predicted octanol–water partition coefficient (Wildman–Crippen LogP) is 1.34. The number of rotatable bonds is 3. The van der Waals surface area contributed by atoms with Crippen LogP contribution in [-0.2, 0) is 20.0 Å². The summed E-state index contributed by atoms with van der Waals surface area (Å²) in [6.07, 6.45) is 4.60. The molecule has 2 heterocycles. The molecule has 0 aliphatic carbocycles. The van der Waals surface area contributed by atoms with Gasteiger partial charge in [-0.3, -0.25) is 4.79 Å². The first-order valence-corrected chi connectivity index (χ1v) is 6.73. The third-order valence-electron chi connectivity index (χ3n) is 3.80. The Labute approximate surface area is 118 Å². The second-order valence-electron chi connectivity index (χ2n) is 5.15. The van der Waals surface area contributed by atoms with E-state index in [9.17, 15) is 4.79 Å². The number of likely N-dealkylation sites (N-methyl/N-ethyl adjacent to an activating group) is 1. The molecule has 20 heavy (non-hydrogen) atoms. The van der Waals surface area contributed by atoms with Gasteiger partial charge in [-0.25, -0.2) is 4.98 Å². The fourth-order valence-electron chi connectivity index (χ4n) is 2.54. The average molecular weight is 270 g/mol. The minimum Gasteiger partial charge on any atom is -0.374 e. The molecule has 1 amide bonds. The molecule has 1 N–H and O–H groups in total. The van der Waals surface area contributed by atoms with Crippen molar-refractivity contribution in [2.24, 2.45) is 7.05 Å². The van der Waals surface area contributed by atoms with E-state index in [1.54, 1.807) is 6.20 Å². The number of aryl methyl sites for hydroxylation is 1. The van der Waals surface area contributed by atoms with Crippen LogP contribution >= 0.6 is 0 Å². The van der Waals surface area contributed by atoms with Gasteiger partial charge in [-0.1, -0.05) is 0 Å². The Bertz CT molecular complexity index is 647. The number of nitrogens with zero attached hydrogens (tertiary/aromatic N) is 3. The lowest BCUT2D eigenvalue weighted by Crippen LogP contribution is -2.24. The number of carbonyl (C=O) groups is 1. The van der Waals surface area contributed by atoms with E-state index in [1.807, 2.05) is 36.0 Å². The van der Waals surface area contributed by atoms with Gasteiger partial charge in [0.1, 0.15) is 5.82 Å². The highest BCUT2D eigenvalue weighted by Gasteiger charge is 2.17. The maximum Gasteiger partial charge on any atom is 0.251 e. The maximum atomic E-state index is 12.2. The van der Waals surface area contributed by atoms with Crippen molar-refractivity contribution in [2.45, 2.75) is 13.0 Å². The van der Waals surface area contributed by atoms with Crippen molar-refractivity contribution < 1.29 is 4.79 Å². The van der Waals surface area contributed by atoms with E-state index in [1.165, 1.54) is 11.3 Å². The third kappa shape index (κ3) is 2.27. The fourth-order valence-corrected chi connectivity index (χ4v) is 2.54. The van der Waals surface area contributed by atoms with Crippen molar-refractivity contribution in [1.29, 1.82) is 0 Å². The van der Waals surface area contributed by atoms with Crippen LogP contribution in [0.1, 0.15) is 21.7 Å². The van der Waals surface area contributed by atoms with Gasteiger partial charge in [-0.05, 0) is 30.2 Å². The van der Waals surface area contributed by atoms with Gasteiger partial charge < -0.3 is 14.8 Å². The first-order chi connectivity index (χ1) is 9.65. The highest BCUT2D eigenvalue weighted by molar-refractivity contribution is 5.95. The van der Waals surface area contributed by atoms with Crippen LogP contribution in [0.3, 0.4) is 0 Å². The Morgan fingerprint density at radius 2 is 2.25 bits per heavy atom. The average Bonchev–Trinajstić information content (AvgIpc) is 3.02. The van der Waals surface area contributed by atoms with Gasteiger partial charge in [-0.15, -0.1) is 0 Å². The van der Waals surface area contributed by atoms with E-state index in [0.29, 0.717) is 12.1 Å². The molecule has 5 heteroatoms. The number of fused-ring (bicyclic) bond motifs is 1. The molecular weight excluding hydrogens is 252 g/mol. The summed E-state index contributed by atoms with van der Waals surface area (Å²) >= 11 is 0. The molecule has 0 unspecified atom stereocenters. The molecule has 0 fully saturated rings. The van der Waals surface area contributed by atoms with Crippen LogP contribution in [0.25, 0.3) is 0 Å². The van der Waals surface area contributed by atoms with Gasteiger partial charge >= 0.3 is 0 Å². The number of benzene rings is 1. The molecule has 1 aromatic carbocycles. The Morgan fingerprint density at radius 1 is 1.40 bits per heavy atom. The summed E-state index contributed by atoms with van der Waals surface area (Å²) in [5.74, 6) is 0.796. The molecular formula is C15H18N4O. The Morgan fingerprint density at radius 3 is 3.00 bits per heavy atom. The molecule has 5 nitrogen and oxygen atoms in total. The van der Waals surface area contributed by atoms with Gasteiger partial charge in [0.2, 0.25) is 0 Å². The molecule has 1 aromatic heterocycles. The summed E-state index contributed by atoms with van der Waals surface area (Å²) in [7, 11) is 3.99. The standard InChI is InChI=1S/C15H18N4O/c1-18-7-5-11-9-12(3-4-13(11)18)15(20)17-10-14-16-6-8-19(14)2/h3-4,6,8-9H,5,7,10H2,1-2H3,(H,17,20). The number of hydrogen-bond donors (Lipinski definition) is 1. The van der Waals surface area contributed by atoms with Gasteiger partial charge in [-0.2, -0.15) is 0 Å². The predicted molar refractivity (Wildman–Crippen MR) is 77.8 cm³/mol. The third-order valence-corrected chi connectivity index (χ3v) is 3.80. The number of nitrogens with one attached hydrogen (secondary N) is 1. The van der Waals surface area contributed by atoms with Crippen LogP contribution in [0.2, 0.25) is 0 Å². The zero-order valence-corrected chi connectivity index (χ0v) is 11.8. The second-order valence-corrected chi connectivity index (χ2v) is 5.15. The fraction of sp³-hybridized carbons (Fsp3) is 0.333. The Hall–Kier alpha value is -2.30. The van der Waals surface area contributed by atoms with Crippen molar-refractivity contribution in [3.63, 3.8) is 0 Å². The molecule has 3 rings (SSSR count). The van der Waals surface area contributed by atoms with Crippen LogP contribution in [0.4, 0.5) is 5.69 Å². The number of amides is 1. The minimum atomic E-state index is -0.0506. The van der Waals surface area contributed by atoms with Crippen molar-refractivity contribution in [3.8, 4) is 0 Å². The largest absolute Gasteiger partial charge is 0.374 e. The number of hydrogen-bond acceptors (Lipinski definition) is 3. The van der Waals surface area contributed by atoms with Gasteiger partial charge in [0.15, 0.2) is 0 Å². The Balaban J connectivity index is 1.70. The van der Waals surface area contributed by atoms with E-state index in [4.69, 9.17) is 0 Å². The first kappa shape index (κ1) is 12.7. The quantitative estimate of drug-likeness (QED) is 0.915. The summed E-state index contributed by atoms with van der Waals surface area (Å²) in [5.41, 5.74) is 3.19. The molecule has 0 saturated carbocycles. The van der Waals surface area contributed by atoms with E-state index >= 15 is 0 Å². The zero-order valence-electron chi connectivity index (χ0n) is 11.8. The Kier molecular flexibility index (Phi) is 3.18. The van der Waals surface area contributed by atoms with Crippen LogP contribution in [0.15, 0.2) is 30.6 Å². The summed E-state index contributed by atoms with van der Waals surface area (Å²) < 4.78 is 1.90. The number of aromatic nitrogens is 2.